The minimum Gasteiger partial charge on any atom is -0.484 e. The Morgan fingerprint density at radius 1 is 1.07 bits per heavy atom. The van der Waals surface area contributed by atoms with Crippen LogP contribution in [-0.2, 0) is 16.1 Å². The lowest BCUT2D eigenvalue weighted by atomic mass is 10.0. The predicted molar refractivity (Wildman–Crippen MR) is 116 cm³/mol. The van der Waals surface area contributed by atoms with E-state index in [9.17, 15) is 9.59 Å². The summed E-state index contributed by atoms with van der Waals surface area (Å²) in [6, 6.07) is 14.4. The standard InChI is InChI=1S/C23H29ClN2O3/c1-5-21(23(28)25-4)26(14-17-6-10-19(24)11-7-17)22(27)15-29-20-12-8-18(9-13-20)16(2)3/h6-13,16,21H,5,14-15H2,1-4H3,(H,25,28)/t21-/m0/s1. The number of nitrogens with zero attached hydrogens (tertiary/aromatic N) is 1. The van der Waals surface area contributed by atoms with Crippen molar-refractivity contribution in [3.8, 4) is 5.75 Å². The van der Waals surface area contributed by atoms with Crippen LogP contribution in [0.2, 0.25) is 5.02 Å². The zero-order valence-electron chi connectivity index (χ0n) is 17.4. The number of amides is 2. The van der Waals surface area contributed by atoms with Gasteiger partial charge < -0.3 is 15.0 Å². The summed E-state index contributed by atoms with van der Waals surface area (Å²) in [6.07, 6.45) is 0.502. The summed E-state index contributed by atoms with van der Waals surface area (Å²) in [5.74, 6) is 0.611. The second-order valence-corrected chi connectivity index (χ2v) is 7.64. The van der Waals surface area contributed by atoms with Crippen molar-refractivity contribution in [1.82, 2.24) is 10.2 Å². The van der Waals surface area contributed by atoms with Gasteiger partial charge in [-0.05, 0) is 47.7 Å². The van der Waals surface area contributed by atoms with E-state index in [4.69, 9.17) is 16.3 Å². The highest BCUT2D eigenvalue weighted by Gasteiger charge is 2.28. The molecule has 156 valence electrons. The molecule has 0 aliphatic rings. The van der Waals surface area contributed by atoms with Gasteiger partial charge in [0.1, 0.15) is 11.8 Å². The molecule has 0 unspecified atom stereocenters. The molecule has 29 heavy (non-hydrogen) atoms. The molecule has 2 rings (SSSR count). The lowest BCUT2D eigenvalue weighted by Gasteiger charge is -2.30. The van der Waals surface area contributed by atoms with Gasteiger partial charge in [-0.3, -0.25) is 9.59 Å². The van der Waals surface area contributed by atoms with Crippen LogP contribution in [0.3, 0.4) is 0 Å². The van der Waals surface area contributed by atoms with Crippen molar-refractivity contribution in [3.63, 3.8) is 0 Å². The summed E-state index contributed by atoms with van der Waals surface area (Å²) in [5.41, 5.74) is 2.10. The van der Waals surface area contributed by atoms with Crippen molar-refractivity contribution < 1.29 is 14.3 Å². The summed E-state index contributed by atoms with van der Waals surface area (Å²) in [5, 5.41) is 3.27. The van der Waals surface area contributed by atoms with E-state index in [1.165, 1.54) is 5.56 Å². The molecule has 0 aliphatic carbocycles. The van der Waals surface area contributed by atoms with Crippen LogP contribution in [0.25, 0.3) is 0 Å². The highest BCUT2D eigenvalue weighted by atomic mass is 35.5. The van der Waals surface area contributed by atoms with Gasteiger partial charge in [-0.2, -0.15) is 0 Å². The van der Waals surface area contributed by atoms with E-state index in [-0.39, 0.29) is 18.4 Å². The van der Waals surface area contributed by atoms with Crippen LogP contribution in [0, 0.1) is 0 Å². The minimum atomic E-state index is -0.574. The average Bonchev–Trinajstić information content (AvgIpc) is 2.73. The number of hydrogen-bond donors (Lipinski definition) is 1. The third-order valence-electron chi connectivity index (χ3n) is 4.81. The molecule has 2 amide bonds. The molecule has 0 aromatic heterocycles. The molecule has 2 aromatic carbocycles. The molecule has 6 heteroatoms. The lowest BCUT2D eigenvalue weighted by Crippen LogP contribution is -2.49. The number of hydrogen-bond acceptors (Lipinski definition) is 3. The van der Waals surface area contributed by atoms with Crippen LogP contribution in [0.1, 0.15) is 44.2 Å². The maximum atomic E-state index is 13.0. The quantitative estimate of drug-likeness (QED) is 0.659. The van der Waals surface area contributed by atoms with Crippen molar-refractivity contribution in [2.24, 2.45) is 0 Å². The van der Waals surface area contributed by atoms with E-state index < -0.39 is 6.04 Å². The van der Waals surface area contributed by atoms with Crippen LogP contribution < -0.4 is 10.1 Å². The number of halogens is 1. The fourth-order valence-corrected chi connectivity index (χ4v) is 3.18. The molecule has 0 saturated heterocycles. The van der Waals surface area contributed by atoms with Gasteiger partial charge in [0.2, 0.25) is 5.91 Å². The molecule has 1 N–H and O–H groups in total. The van der Waals surface area contributed by atoms with E-state index in [0.717, 1.165) is 5.56 Å². The number of benzene rings is 2. The van der Waals surface area contributed by atoms with Crippen LogP contribution in [0.4, 0.5) is 0 Å². The van der Waals surface area contributed by atoms with Crippen molar-refractivity contribution >= 4 is 23.4 Å². The lowest BCUT2D eigenvalue weighted by molar-refractivity contribution is -0.142. The van der Waals surface area contributed by atoms with Gasteiger partial charge in [-0.1, -0.05) is 56.6 Å². The number of rotatable bonds is 9. The first kappa shape index (κ1) is 22.8. The smallest absolute Gasteiger partial charge is 0.261 e. The van der Waals surface area contributed by atoms with E-state index in [1.807, 2.05) is 43.3 Å². The first-order valence-corrected chi connectivity index (χ1v) is 10.2. The van der Waals surface area contributed by atoms with Crippen molar-refractivity contribution in [2.45, 2.75) is 45.7 Å². The first-order valence-electron chi connectivity index (χ1n) is 9.84. The maximum absolute atomic E-state index is 13.0. The van der Waals surface area contributed by atoms with Gasteiger partial charge in [-0.15, -0.1) is 0 Å². The second-order valence-electron chi connectivity index (χ2n) is 7.20. The maximum Gasteiger partial charge on any atom is 0.261 e. The van der Waals surface area contributed by atoms with E-state index >= 15 is 0 Å². The Morgan fingerprint density at radius 3 is 2.21 bits per heavy atom. The number of carbonyl (C=O) groups excluding carboxylic acids is 2. The van der Waals surface area contributed by atoms with Gasteiger partial charge in [0.05, 0.1) is 0 Å². The highest BCUT2D eigenvalue weighted by molar-refractivity contribution is 6.30. The largest absolute Gasteiger partial charge is 0.484 e. The van der Waals surface area contributed by atoms with Gasteiger partial charge in [0.25, 0.3) is 5.91 Å². The fourth-order valence-electron chi connectivity index (χ4n) is 3.05. The van der Waals surface area contributed by atoms with Crippen LogP contribution in [0.15, 0.2) is 48.5 Å². The zero-order chi connectivity index (χ0) is 21.4. The normalized spacial score (nSPS) is 11.8. The topological polar surface area (TPSA) is 58.6 Å². The van der Waals surface area contributed by atoms with Gasteiger partial charge in [-0.25, -0.2) is 0 Å². The Labute approximate surface area is 178 Å². The van der Waals surface area contributed by atoms with Crippen molar-refractivity contribution in [2.75, 3.05) is 13.7 Å². The van der Waals surface area contributed by atoms with Crippen LogP contribution in [-0.4, -0.2) is 36.4 Å². The summed E-state index contributed by atoms with van der Waals surface area (Å²) < 4.78 is 5.70. The summed E-state index contributed by atoms with van der Waals surface area (Å²) in [4.78, 5) is 26.9. The minimum absolute atomic E-state index is 0.137. The molecule has 0 aliphatic heterocycles. The molecular formula is C23H29ClN2O3. The number of carbonyl (C=O) groups is 2. The molecule has 0 heterocycles. The molecule has 0 radical (unpaired) electrons. The predicted octanol–water partition coefficient (Wildman–Crippen LogP) is 4.40. The van der Waals surface area contributed by atoms with Crippen molar-refractivity contribution in [1.29, 1.82) is 0 Å². The van der Waals surface area contributed by atoms with Gasteiger partial charge >= 0.3 is 0 Å². The second kappa shape index (κ2) is 10.9. The van der Waals surface area contributed by atoms with Crippen LogP contribution in [0.5, 0.6) is 5.75 Å². The van der Waals surface area contributed by atoms with E-state index in [1.54, 1.807) is 24.1 Å². The van der Waals surface area contributed by atoms with E-state index in [0.29, 0.717) is 29.7 Å². The van der Waals surface area contributed by atoms with E-state index in [2.05, 4.69) is 19.2 Å². The summed E-state index contributed by atoms with van der Waals surface area (Å²) >= 11 is 5.96. The van der Waals surface area contributed by atoms with Crippen LogP contribution >= 0.6 is 11.6 Å². The Bertz CT molecular complexity index is 804. The Morgan fingerprint density at radius 2 is 1.69 bits per heavy atom. The summed E-state index contributed by atoms with van der Waals surface area (Å²) in [7, 11) is 1.57. The molecule has 0 spiro atoms. The number of ether oxygens (including phenoxy) is 1. The highest BCUT2D eigenvalue weighted by Crippen LogP contribution is 2.19. The molecule has 2 aromatic rings. The molecule has 5 nitrogen and oxygen atoms in total. The Hall–Kier alpha value is -2.53. The third-order valence-corrected chi connectivity index (χ3v) is 5.06. The first-order chi connectivity index (χ1) is 13.8. The molecule has 1 atom stereocenters. The molecule has 0 saturated carbocycles. The zero-order valence-corrected chi connectivity index (χ0v) is 18.2. The SMILES string of the molecule is CC[C@@H](C(=O)NC)N(Cc1ccc(Cl)cc1)C(=O)COc1ccc(C(C)C)cc1. The average molecular weight is 417 g/mol. The molecular weight excluding hydrogens is 388 g/mol. The third kappa shape index (κ3) is 6.50. The van der Waals surface area contributed by atoms with Gasteiger partial charge in [0.15, 0.2) is 6.61 Å². The van der Waals surface area contributed by atoms with Gasteiger partial charge in [0, 0.05) is 18.6 Å². The fraction of sp³-hybridized carbons (Fsp3) is 0.391. The molecule has 0 bridgehead atoms. The Kier molecular flexibility index (Phi) is 8.52. The monoisotopic (exact) mass is 416 g/mol. The summed E-state index contributed by atoms with van der Waals surface area (Å²) in [6.45, 7) is 6.29. The molecule has 0 fully saturated rings. The van der Waals surface area contributed by atoms with Crippen molar-refractivity contribution in [3.05, 3.63) is 64.7 Å². The number of likely N-dealkylation sites (N-methyl/N-ethyl adjacent to an activating group) is 1. The Balaban J connectivity index is 2.14. The number of nitrogens with one attached hydrogen (secondary N) is 1.